The summed E-state index contributed by atoms with van der Waals surface area (Å²) < 4.78 is 11.8. The smallest absolute Gasteiger partial charge is 0.158 e. The number of rotatable bonds is 6. The van der Waals surface area contributed by atoms with Gasteiger partial charge >= 0.3 is 0 Å². The molecule has 2 atom stereocenters. The minimum atomic E-state index is -0.573. The maximum Gasteiger partial charge on any atom is 0.158 e. The van der Waals surface area contributed by atoms with Crippen LogP contribution in [0, 0.1) is 10.8 Å². The third-order valence-corrected chi connectivity index (χ3v) is 6.76. The molecule has 184 valence electrons. The van der Waals surface area contributed by atoms with E-state index in [1.165, 1.54) is 0 Å². The van der Waals surface area contributed by atoms with Crippen molar-refractivity contribution in [3.05, 3.63) is 55.5 Å². The first kappa shape index (κ1) is 28.4. The lowest BCUT2D eigenvalue weighted by atomic mass is 9.78. The van der Waals surface area contributed by atoms with Gasteiger partial charge < -0.3 is 9.47 Å². The standard InChI is InChI=1S/C25H34Cl4N2O2/c1-23(2,3)21(30)32-19-15(26)9-13(10-16(19)27)25(7,8)14-11-17(28)20(18(29)12-14)33-22(31)24(4,5)6/h9-12,21-22H,30-31H2,1-8H3. The summed E-state index contributed by atoms with van der Waals surface area (Å²) in [6.45, 7) is 15.9. The largest absolute Gasteiger partial charge is 0.472 e. The van der Waals surface area contributed by atoms with Crippen molar-refractivity contribution >= 4 is 46.4 Å². The van der Waals surface area contributed by atoms with Crippen molar-refractivity contribution in [1.82, 2.24) is 0 Å². The fourth-order valence-electron chi connectivity index (χ4n) is 2.84. The van der Waals surface area contributed by atoms with Gasteiger partial charge in [0.15, 0.2) is 24.0 Å². The molecule has 2 aromatic carbocycles. The van der Waals surface area contributed by atoms with E-state index in [2.05, 4.69) is 0 Å². The molecule has 2 rings (SSSR count). The second kappa shape index (κ2) is 10.0. The maximum absolute atomic E-state index is 6.56. The van der Waals surface area contributed by atoms with Gasteiger partial charge in [0.25, 0.3) is 0 Å². The van der Waals surface area contributed by atoms with Crippen molar-refractivity contribution in [3.8, 4) is 11.5 Å². The highest BCUT2D eigenvalue weighted by atomic mass is 35.5. The Hall–Kier alpha value is -0.880. The van der Waals surface area contributed by atoms with Crippen LogP contribution in [-0.2, 0) is 5.41 Å². The highest BCUT2D eigenvalue weighted by Crippen LogP contribution is 2.44. The molecule has 0 spiro atoms. The number of halogens is 4. The average Bonchev–Trinajstić information content (AvgIpc) is 2.65. The van der Waals surface area contributed by atoms with E-state index in [1.54, 1.807) is 0 Å². The van der Waals surface area contributed by atoms with E-state index in [9.17, 15) is 0 Å². The summed E-state index contributed by atoms with van der Waals surface area (Å²) in [6, 6.07) is 7.28. The van der Waals surface area contributed by atoms with Crippen LogP contribution in [0.2, 0.25) is 20.1 Å². The van der Waals surface area contributed by atoms with Gasteiger partial charge in [-0.15, -0.1) is 0 Å². The van der Waals surface area contributed by atoms with Crippen LogP contribution in [0.25, 0.3) is 0 Å². The number of benzene rings is 2. The van der Waals surface area contributed by atoms with Crippen LogP contribution >= 0.6 is 46.4 Å². The predicted octanol–water partition coefficient (Wildman–Crippen LogP) is 8.05. The van der Waals surface area contributed by atoms with E-state index in [4.69, 9.17) is 67.3 Å². The molecule has 2 unspecified atom stereocenters. The normalized spacial score (nSPS) is 14.7. The van der Waals surface area contributed by atoms with Crippen LogP contribution in [0.5, 0.6) is 11.5 Å². The fourth-order valence-corrected chi connectivity index (χ4v) is 3.99. The SMILES string of the molecule is CC(C)(c1cc(Cl)c(OC(N)C(C)(C)C)c(Cl)c1)c1cc(Cl)c(OC(N)C(C)(C)C)c(Cl)c1. The molecule has 0 radical (unpaired) electrons. The van der Waals surface area contributed by atoms with Crippen LogP contribution in [0.4, 0.5) is 0 Å². The van der Waals surface area contributed by atoms with Crippen LogP contribution in [0.1, 0.15) is 66.5 Å². The number of ether oxygens (including phenoxy) is 2. The lowest BCUT2D eigenvalue weighted by Crippen LogP contribution is -2.40. The Morgan fingerprint density at radius 1 is 0.576 bits per heavy atom. The highest BCUT2D eigenvalue weighted by molar-refractivity contribution is 6.38. The van der Waals surface area contributed by atoms with Crippen molar-refractivity contribution in [1.29, 1.82) is 0 Å². The van der Waals surface area contributed by atoms with Crippen molar-refractivity contribution < 1.29 is 9.47 Å². The third-order valence-electron chi connectivity index (χ3n) is 5.64. The molecule has 0 aromatic heterocycles. The van der Waals surface area contributed by atoms with Gasteiger partial charge in [-0.3, -0.25) is 11.5 Å². The average molecular weight is 536 g/mol. The zero-order valence-corrected chi connectivity index (χ0v) is 23.5. The van der Waals surface area contributed by atoms with Gasteiger partial charge in [-0.05, 0) is 35.4 Å². The number of hydrogen-bond acceptors (Lipinski definition) is 4. The fraction of sp³-hybridized carbons (Fsp3) is 0.520. The Kier molecular flexibility index (Phi) is 8.60. The molecule has 0 fully saturated rings. The molecule has 0 aliphatic heterocycles. The first-order chi connectivity index (χ1) is 14.9. The monoisotopic (exact) mass is 534 g/mol. The molecule has 0 heterocycles. The summed E-state index contributed by atoms with van der Waals surface area (Å²) in [7, 11) is 0. The highest BCUT2D eigenvalue weighted by Gasteiger charge is 2.30. The van der Waals surface area contributed by atoms with Crippen LogP contribution in [0.15, 0.2) is 24.3 Å². The first-order valence-corrected chi connectivity index (χ1v) is 12.2. The van der Waals surface area contributed by atoms with Gasteiger partial charge in [0, 0.05) is 16.2 Å². The molecule has 4 nitrogen and oxygen atoms in total. The maximum atomic E-state index is 6.56. The third kappa shape index (κ3) is 6.62. The lowest BCUT2D eigenvalue weighted by molar-refractivity contribution is 0.0928. The summed E-state index contributed by atoms with van der Waals surface area (Å²) in [6.07, 6.45) is -1.15. The lowest BCUT2D eigenvalue weighted by Gasteiger charge is -2.31. The molecule has 8 heteroatoms. The molecule has 0 saturated heterocycles. The Morgan fingerprint density at radius 3 is 1.03 bits per heavy atom. The van der Waals surface area contributed by atoms with Crippen LogP contribution in [0.3, 0.4) is 0 Å². The molecule has 4 N–H and O–H groups in total. The van der Waals surface area contributed by atoms with E-state index >= 15 is 0 Å². The minimum Gasteiger partial charge on any atom is -0.472 e. The van der Waals surface area contributed by atoms with Gasteiger partial charge in [-0.25, -0.2) is 0 Å². The van der Waals surface area contributed by atoms with E-state index in [1.807, 2.05) is 79.7 Å². The summed E-state index contributed by atoms with van der Waals surface area (Å²) in [5, 5.41) is 1.49. The second-order valence-electron chi connectivity index (χ2n) is 11.0. The number of nitrogens with two attached hydrogens (primary N) is 2. The molecular weight excluding hydrogens is 502 g/mol. The Morgan fingerprint density at radius 2 is 0.818 bits per heavy atom. The summed E-state index contributed by atoms with van der Waals surface area (Å²) in [5.74, 6) is 0.715. The Bertz CT molecular complexity index is 885. The van der Waals surface area contributed by atoms with Gasteiger partial charge in [-0.2, -0.15) is 0 Å². The summed E-state index contributed by atoms with van der Waals surface area (Å²) >= 11 is 26.2. The Labute approximate surface area is 217 Å². The van der Waals surface area contributed by atoms with Crippen LogP contribution in [-0.4, -0.2) is 12.5 Å². The van der Waals surface area contributed by atoms with Crippen molar-refractivity contribution in [2.24, 2.45) is 22.3 Å². The number of hydrogen-bond donors (Lipinski definition) is 2. The zero-order chi connectivity index (χ0) is 25.5. The van der Waals surface area contributed by atoms with Crippen LogP contribution < -0.4 is 20.9 Å². The first-order valence-electron chi connectivity index (χ1n) is 10.7. The van der Waals surface area contributed by atoms with Gasteiger partial charge in [0.05, 0.1) is 20.1 Å². The molecule has 0 bridgehead atoms. The molecule has 33 heavy (non-hydrogen) atoms. The zero-order valence-electron chi connectivity index (χ0n) is 20.4. The topological polar surface area (TPSA) is 70.5 Å². The van der Waals surface area contributed by atoms with Crippen molar-refractivity contribution in [3.63, 3.8) is 0 Å². The van der Waals surface area contributed by atoms with E-state index < -0.39 is 17.9 Å². The summed E-state index contributed by atoms with van der Waals surface area (Å²) in [5.41, 5.74) is 12.9. The molecule has 0 aliphatic carbocycles. The molecule has 0 aliphatic rings. The van der Waals surface area contributed by atoms with Crippen molar-refractivity contribution in [2.75, 3.05) is 0 Å². The predicted molar refractivity (Wildman–Crippen MR) is 141 cm³/mol. The summed E-state index contributed by atoms with van der Waals surface area (Å²) in [4.78, 5) is 0. The second-order valence-corrected chi connectivity index (χ2v) is 12.6. The molecule has 0 saturated carbocycles. The molecular formula is C25H34Cl4N2O2. The quantitative estimate of drug-likeness (QED) is 0.367. The van der Waals surface area contributed by atoms with Gasteiger partial charge in [0.1, 0.15) is 0 Å². The van der Waals surface area contributed by atoms with Crippen molar-refractivity contribution in [2.45, 2.75) is 73.3 Å². The van der Waals surface area contributed by atoms with E-state index in [0.717, 1.165) is 11.1 Å². The van der Waals surface area contributed by atoms with Gasteiger partial charge in [-0.1, -0.05) is 102 Å². The van der Waals surface area contributed by atoms with Gasteiger partial charge in [0.2, 0.25) is 0 Å². The minimum absolute atomic E-state index is 0.280. The van der Waals surface area contributed by atoms with E-state index in [0.29, 0.717) is 31.6 Å². The Balaban J connectivity index is 2.44. The van der Waals surface area contributed by atoms with E-state index in [-0.39, 0.29) is 10.8 Å². The molecule has 2 aromatic rings. The molecule has 0 amide bonds.